The van der Waals surface area contributed by atoms with Crippen molar-refractivity contribution in [1.29, 1.82) is 0 Å². The lowest BCUT2D eigenvalue weighted by atomic mass is 9.51. The number of allylic oxidation sites excluding steroid dienone is 2. The molecule has 0 aromatic heterocycles. The highest BCUT2D eigenvalue weighted by molar-refractivity contribution is 6.58. The molecule has 6 unspecified atom stereocenters. The molecule has 3 fully saturated rings. The Kier molecular flexibility index (Phi) is 7.17. The molecule has 4 aliphatic rings. The first-order chi connectivity index (χ1) is 21.8. The molecule has 7 rings (SSSR count). The van der Waals surface area contributed by atoms with Crippen LogP contribution in [0.15, 0.2) is 72.3 Å². The van der Waals surface area contributed by atoms with Gasteiger partial charge in [0.1, 0.15) is 11.6 Å². The number of imide groups is 2. The summed E-state index contributed by atoms with van der Waals surface area (Å²) in [5, 5.41) is 30.5. The van der Waals surface area contributed by atoms with Crippen molar-refractivity contribution in [3.05, 3.63) is 93.7 Å². The first kappa shape index (κ1) is 30.6. The Hall–Kier alpha value is -4.03. The van der Waals surface area contributed by atoms with E-state index >= 15 is 0 Å². The van der Waals surface area contributed by atoms with Crippen LogP contribution in [0.2, 0.25) is 10.0 Å². The maximum Gasteiger partial charge on any atom is 0.488 e. The van der Waals surface area contributed by atoms with Gasteiger partial charge >= 0.3 is 7.12 Å². The molecular weight excluding hydrogens is 637 g/mol. The maximum absolute atomic E-state index is 14.4. The van der Waals surface area contributed by atoms with E-state index in [0.717, 1.165) is 15.9 Å². The number of hydrogen-bond acceptors (Lipinski definition) is 7. The lowest BCUT2D eigenvalue weighted by Crippen LogP contribution is -2.49. The summed E-state index contributed by atoms with van der Waals surface area (Å²) < 4.78 is 14.1. The van der Waals surface area contributed by atoms with E-state index in [9.17, 15) is 38.7 Å². The van der Waals surface area contributed by atoms with Crippen LogP contribution in [0, 0.1) is 34.9 Å². The van der Waals surface area contributed by atoms with Crippen LogP contribution in [0.4, 0.5) is 15.8 Å². The molecule has 2 aliphatic heterocycles. The number of phenols is 1. The van der Waals surface area contributed by atoms with Gasteiger partial charge in [-0.15, -0.1) is 0 Å². The van der Waals surface area contributed by atoms with Crippen molar-refractivity contribution in [2.45, 2.75) is 25.7 Å². The molecular formula is C33H26BCl2FN2O7. The van der Waals surface area contributed by atoms with Gasteiger partial charge in [-0.3, -0.25) is 24.1 Å². The first-order valence-corrected chi connectivity index (χ1v) is 15.5. The third-order valence-electron chi connectivity index (χ3n) is 10.2. The van der Waals surface area contributed by atoms with Crippen LogP contribution < -0.4 is 15.3 Å². The fourth-order valence-corrected chi connectivity index (χ4v) is 8.42. The molecule has 234 valence electrons. The van der Waals surface area contributed by atoms with Crippen molar-refractivity contribution in [2.24, 2.45) is 29.1 Å². The predicted molar refractivity (Wildman–Crippen MR) is 168 cm³/mol. The number of rotatable bonds is 4. The van der Waals surface area contributed by atoms with Crippen LogP contribution in [0.25, 0.3) is 0 Å². The van der Waals surface area contributed by atoms with Crippen molar-refractivity contribution in [3.63, 3.8) is 0 Å². The van der Waals surface area contributed by atoms with E-state index in [-0.39, 0.29) is 45.5 Å². The Morgan fingerprint density at radius 3 is 2.35 bits per heavy atom. The average molecular weight is 663 g/mol. The van der Waals surface area contributed by atoms with E-state index in [1.165, 1.54) is 54.6 Å². The Bertz CT molecular complexity index is 1900. The number of carbonyl (C=O) groups is 4. The Labute approximate surface area is 273 Å². The summed E-state index contributed by atoms with van der Waals surface area (Å²) in [6.45, 7) is 1.65. The Balaban J connectivity index is 1.37. The molecule has 13 heteroatoms. The zero-order valence-corrected chi connectivity index (χ0v) is 25.7. The molecule has 4 amide bonds. The van der Waals surface area contributed by atoms with Crippen LogP contribution in [0.3, 0.4) is 0 Å². The lowest BCUT2D eigenvalue weighted by Gasteiger charge is -2.49. The minimum atomic E-state index is -1.81. The van der Waals surface area contributed by atoms with Gasteiger partial charge in [0, 0.05) is 16.5 Å². The zero-order chi connectivity index (χ0) is 32.8. The second kappa shape index (κ2) is 10.8. The predicted octanol–water partition coefficient (Wildman–Crippen LogP) is 3.95. The molecule has 0 bridgehead atoms. The second-order valence-corrected chi connectivity index (χ2v) is 13.3. The number of halogens is 3. The SMILES string of the molecule is CC12C(=O)N(c3ccc(F)c(Cl)c3)C(=O)C1CC1C(=CCC3C(=O)N(c4cccc(B(O)O)c4)C(=O)C31)C2c1cc(Cl)ccc1O. The van der Waals surface area contributed by atoms with Gasteiger partial charge in [0.2, 0.25) is 23.6 Å². The minimum Gasteiger partial charge on any atom is -0.508 e. The van der Waals surface area contributed by atoms with Gasteiger partial charge in [-0.05, 0) is 79.7 Å². The largest absolute Gasteiger partial charge is 0.508 e. The van der Waals surface area contributed by atoms with Crippen molar-refractivity contribution in [2.75, 3.05) is 9.80 Å². The molecule has 3 aromatic carbocycles. The van der Waals surface area contributed by atoms with Gasteiger partial charge in [0.05, 0.1) is 39.6 Å². The van der Waals surface area contributed by atoms with E-state index in [0.29, 0.717) is 11.1 Å². The summed E-state index contributed by atoms with van der Waals surface area (Å²) in [6, 6.07) is 13.9. The van der Waals surface area contributed by atoms with Crippen molar-refractivity contribution in [1.82, 2.24) is 0 Å². The summed E-state index contributed by atoms with van der Waals surface area (Å²) in [5.41, 5.74) is -0.134. The standard InChI is InChI=1S/C33H26BCl2FN2O7/c1-33-23(30(42)39(32(33)44)18-6-9-25(37)24(36)13-18)14-21-19(28(33)22-12-16(35)5-10-26(22)40)7-8-20-27(21)31(43)38(29(20)41)17-4-2-3-15(11-17)34(45)46/h2-7,9-13,20-21,23,27-28,40,45-46H,8,14H2,1H3. The Morgan fingerprint density at radius 1 is 0.891 bits per heavy atom. The monoisotopic (exact) mass is 662 g/mol. The number of hydrogen-bond donors (Lipinski definition) is 3. The quantitative estimate of drug-likeness (QED) is 0.219. The average Bonchev–Trinajstić information content (AvgIpc) is 3.39. The van der Waals surface area contributed by atoms with Crippen molar-refractivity contribution >= 4 is 70.8 Å². The number of anilines is 2. The minimum absolute atomic E-state index is 0.0551. The number of nitrogens with zero attached hydrogens (tertiary/aromatic N) is 2. The maximum atomic E-state index is 14.4. The van der Waals surface area contributed by atoms with E-state index in [2.05, 4.69) is 0 Å². The van der Waals surface area contributed by atoms with Crippen LogP contribution in [-0.4, -0.2) is 45.9 Å². The third kappa shape index (κ3) is 4.29. The van der Waals surface area contributed by atoms with E-state index in [4.69, 9.17) is 23.2 Å². The smallest absolute Gasteiger partial charge is 0.488 e. The summed E-state index contributed by atoms with van der Waals surface area (Å²) in [5.74, 6) is -7.19. The van der Waals surface area contributed by atoms with Crippen molar-refractivity contribution in [3.8, 4) is 5.75 Å². The molecule has 0 radical (unpaired) electrons. The van der Waals surface area contributed by atoms with Gasteiger partial charge in [-0.1, -0.05) is 47.0 Å². The fraction of sp³-hybridized carbons (Fsp3) is 0.273. The topological polar surface area (TPSA) is 135 Å². The number of amides is 4. The second-order valence-electron chi connectivity index (χ2n) is 12.4. The van der Waals surface area contributed by atoms with E-state index < -0.39 is 71.6 Å². The number of aromatic hydroxyl groups is 1. The van der Waals surface area contributed by atoms with Crippen molar-refractivity contribution < 1.29 is 38.7 Å². The molecule has 9 nitrogen and oxygen atoms in total. The highest BCUT2D eigenvalue weighted by Gasteiger charge is 2.68. The normalized spacial score (nSPS) is 28.7. The molecule has 46 heavy (non-hydrogen) atoms. The molecule has 2 heterocycles. The molecule has 1 saturated carbocycles. The van der Waals surface area contributed by atoms with Gasteiger partial charge in [-0.25, -0.2) is 9.29 Å². The van der Waals surface area contributed by atoms with Gasteiger partial charge in [0.15, 0.2) is 0 Å². The molecule has 0 spiro atoms. The number of benzene rings is 3. The van der Waals surface area contributed by atoms with Gasteiger partial charge in [-0.2, -0.15) is 0 Å². The van der Waals surface area contributed by atoms with Gasteiger partial charge < -0.3 is 15.2 Å². The lowest BCUT2D eigenvalue weighted by molar-refractivity contribution is -0.131. The van der Waals surface area contributed by atoms with E-state index in [1.807, 2.05) is 6.08 Å². The number of carbonyl (C=O) groups excluding carboxylic acids is 4. The molecule has 3 N–H and O–H groups in total. The summed E-state index contributed by atoms with van der Waals surface area (Å²) in [7, 11) is -1.81. The molecule has 2 aliphatic carbocycles. The Morgan fingerprint density at radius 2 is 1.63 bits per heavy atom. The highest BCUT2D eigenvalue weighted by atomic mass is 35.5. The van der Waals surface area contributed by atoms with Gasteiger partial charge in [0.25, 0.3) is 0 Å². The third-order valence-corrected chi connectivity index (χ3v) is 10.7. The van der Waals surface area contributed by atoms with Crippen LogP contribution in [0.5, 0.6) is 5.75 Å². The first-order valence-electron chi connectivity index (χ1n) is 14.7. The summed E-state index contributed by atoms with van der Waals surface area (Å²) in [4.78, 5) is 58.7. The van der Waals surface area contributed by atoms with Crippen LogP contribution >= 0.6 is 23.2 Å². The summed E-state index contributed by atoms with van der Waals surface area (Å²) >= 11 is 12.4. The molecule has 3 aromatic rings. The summed E-state index contributed by atoms with van der Waals surface area (Å²) in [6.07, 6.45) is 2.05. The van der Waals surface area contributed by atoms with Crippen LogP contribution in [-0.2, 0) is 19.2 Å². The highest BCUT2D eigenvalue weighted by Crippen LogP contribution is 2.64. The van der Waals surface area contributed by atoms with Crippen LogP contribution in [0.1, 0.15) is 31.2 Å². The van der Waals surface area contributed by atoms with E-state index in [1.54, 1.807) is 6.92 Å². The number of phenolic OH excluding ortho intramolecular Hbond substituents is 1. The zero-order valence-electron chi connectivity index (χ0n) is 24.2. The molecule has 2 saturated heterocycles. The number of fused-ring (bicyclic) bond motifs is 4. The fourth-order valence-electron chi connectivity index (χ4n) is 8.07. The molecule has 6 atom stereocenters.